The number of nitrogens with one attached hydrogen (secondary N) is 2. The molecule has 0 aliphatic rings. The molecule has 1 aromatic heterocycles. The highest BCUT2D eigenvalue weighted by atomic mass is 16.5. The molecule has 2 N–H and O–H groups in total. The zero-order valence-electron chi connectivity index (χ0n) is 14.9. The van der Waals surface area contributed by atoms with Crippen LogP contribution in [0.1, 0.15) is 46.3 Å². The minimum atomic E-state index is -0.367. The summed E-state index contributed by atoms with van der Waals surface area (Å²) in [7, 11) is 0. The summed E-state index contributed by atoms with van der Waals surface area (Å²) in [6.07, 6.45) is 1.56. The lowest BCUT2D eigenvalue weighted by Gasteiger charge is -2.14. The maximum absolute atomic E-state index is 12.0. The molecule has 0 fully saturated rings. The lowest BCUT2D eigenvalue weighted by atomic mass is 10.1. The average Bonchev–Trinajstić information content (AvgIpc) is 2.96. The maximum atomic E-state index is 12.0. The number of hydrogen-bond acceptors (Lipinski definition) is 5. The molecule has 25 heavy (non-hydrogen) atoms. The van der Waals surface area contributed by atoms with Crippen LogP contribution >= 0.6 is 0 Å². The van der Waals surface area contributed by atoms with Crippen molar-refractivity contribution in [2.75, 3.05) is 6.61 Å². The molecule has 2 aromatic rings. The van der Waals surface area contributed by atoms with Gasteiger partial charge in [0.2, 0.25) is 5.91 Å². The topological polar surface area (TPSA) is 93.5 Å². The van der Waals surface area contributed by atoms with Crippen molar-refractivity contribution in [1.29, 1.82) is 0 Å². The number of aryl methyl sites for hydroxylation is 4. The number of benzene rings is 1. The number of carbonyl (C=O) groups is 2. The number of rotatable bonds is 6. The summed E-state index contributed by atoms with van der Waals surface area (Å²) in [6, 6.07) is 5.39. The third-order valence-electron chi connectivity index (χ3n) is 3.57. The SMILES string of the molecule is CC(=O)NNC(=O)c1cc(C)c(OCCCc2cc(C)no2)c(C)c1. The number of carbonyl (C=O) groups excluding carboxylic acids is 2. The second-order valence-electron chi connectivity index (χ2n) is 5.96. The van der Waals surface area contributed by atoms with Crippen LogP contribution in [-0.4, -0.2) is 23.6 Å². The predicted molar refractivity (Wildman–Crippen MR) is 92.3 cm³/mol. The quantitative estimate of drug-likeness (QED) is 0.619. The van der Waals surface area contributed by atoms with E-state index < -0.39 is 0 Å². The molecular formula is C18H23N3O4. The molecule has 134 valence electrons. The van der Waals surface area contributed by atoms with E-state index in [2.05, 4.69) is 16.0 Å². The van der Waals surface area contributed by atoms with E-state index in [4.69, 9.17) is 9.26 Å². The summed E-state index contributed by atoms with van der Waals surface area (Å²) >= 11 is 0. The number of hydrogen-bond donors (Lipinski definition) is 2. The van der Waals surface area contributed by atoms with Crippen molar-refractivity contribution < 1.29 is 18.8 Å². The van der Waals surface area contributed by atoms with Gasteiger partial charge in [-0.3, -0.25) is 20.4 Å². The highest BCUT2D eigenvalue weighted by molar-refractivity contribution is 5.95. The van der Waals surface area contributed by atoms with E-state index in [1.807, 2.05) is 26.8 Å². The Labute approximate surface area is 146 Å². The van der Waals surface area contributed by atoms with Crippen LogP contribution in [0.25, 0.3) is 0 Å². The summed E-state index contributed by atoms with van der Waals surface area (Å²) in [6.45, 7) is 7.53. The molecule has 2 rings (SSSR count). The Morgan fingerprint density at radius 2 is 1.80 bits per heavy atom. The summed E-state index contributed by atoms with van der Waals surface area (Å²) in [5.41, 5.74) is 7.69. The minimum Gasteiger partial charge on any atom is -0.493 e. The summed E-state index contributed by atoms with van der Waals surface area (Å²) in [4.78, 5) is 22.9. The molecule has 0 saturated carbocycles. The van der Waals surface area contributed by atoms with Crippen LogP contribution in [-0.2, 0) is 11.2 Å². The van der Waals surface area contributed by atoms with E-state index in [1.165, 1.54) is 6.92 Å². The Kier molecular flexibility index (Phi) is 6.16. The van der Waals surface area contributed by atoms with E-state index in [0.717, 1.165) is 41.2 Å². The van der Waals surface area contributed by atoms with Crippen molar-refractivity contribution in [3.63, 3.8) is 0 Å². The molecule has 0 saturated heterocycles. The van der Waals surface area contributed by atoms with Crippen molar-refractivity contribution in [2.45, 2.75) is 40.5 Å². The molecule has 0 unspecified atom stereocenters. The third-order valence-corrected chi connectivity index (χ3v) is 3.57. The van der Waals surface area contributed by atoms with Gasteiger partial charge in [-0.15, -0.1) is 0 Å². The largest absolute Gasteiger partial charge is 0.493 e. The van der Waals surface area contributed by atoms with Gasteiger partial charge >= 0.3 is 0 Å². The zero-order chi connectivity index (χ0) is 18.4. The fraction of sp³-hybridized carbons (Fsp3) is 0.389. The molecule has 0 aliphatic heterocycles. The Hall–Kier alpha value is -2.83. The summed E-state index contributed by atoms with van der Waals surface area (Å²) < 4.78 is 11.0. The number of hydrazine groups is 1. The number of aromatic nitrogens is 1. The highest BCUT2D eigenvalue weighted by Gasteiger charge is 2.12. The van der Waals surface area contributed by atoms with E-state index in [1.54, 1.807) is 12.1 Å². The molecule has 0 bridgehead atoms. The van der Waals surface area contributed by atoms with Crippen LogP contribution < -0.4 is 15.6 Å². The summed E-state index contributed by atoms with van der Waals surface area (Å²) in [5, 5.41) is 3.85. The van der Waals surface area contributed by atoms with Gasteiger partial charge in [0.25, 0.3) is 5.91 Å². The molecule has 7 nitrogen and oxygen atoms in total. The first-order valence-electron chi connectivity index (χ1n) is 8.10. The van der Waals surface area contributed by atoms with Gasteiger partial charge in [0.1, 0.15) is 11.5 Å². The standard InChI is InChI=1S/C18H23N3O4/c1-11-8-15(18(23)20-19-14(4)22)9-12(2)17(11)24-7-5-6-16-10-13(3)21-25-16/h8-10H,5-7H2,1-4H3,(H,19,22)(H,20,23). The molecular weight excluding hydrogens is 322 g/mol. The van der Waals surface area contributed by atoms with Crippen molar-refractivity contribution in [3.8, 4) is 5.75 Å². The van der Waals surface area contributed by atoms with Crippen LogP contribution in [0, 0.1) is 20.8 Å². The first-order chi connectivity index (χ1) is 11.9. The lowest BCUT2D eigenvalue weighted by molar-refractivity contribution is -0.119. The third kappa shape index (κ3) is 5.34. The molecule has 1 heterocycles. The zero-order valence-corrected chi connectivity index (χ0v) is 14.9. The van der Waals surface area contributed by atoms with Gasteiger partial charge in [0, 0.05) is 25.0 Å². The lowest BCUT2D eigenvalue weighted by Crippen LogP contribution is -2.40. The van der Waals surface area contributed by atoms with Gasteiger partial charge in [0.05, 0.1) is 12.3 Å². The van der Waals surface area contributed by atoms with E-state index in [-0.39, 0.29) is 11.8 Å². The molecule has 1 aromatic carbocycles. The van der Waals surface area contributed by atoms with Crippen LogP contribution in [0.3, 0.4) is 0 Å². The van der Waals surface area contributed by atoms with Gasteiger partial charge in [-0.25, -0.2) is 0 Å². The van der Waals surface area contributed by atoms with E-state index in [9.17, 15) is 9.59 Å². The van der Waals surface area contributed by atoms with E-state index in [0.29, 0.717) is 12.2 Å². The van der Waals surface area contributed by atoms with Crippen LogP contribution in [0.15, 0.2) is 22.7 Å². The van der Waals surface area contributed by atoms with Crippen molar-refractivity contribution in [3.05, 3.63) is 46.3 Å². The molecule has 0 spiro atoms. The summed E-state index contributed by atoms with van der Waals surface area (Å²) in [5.74, 6) is 0.918. The highest BCUT2D eigenvalue weighted by Crippen LogP contribution is 2.25. The van der Waals surface area contributed by atoms with Crippen molar-refractivity contribution >= 4 is 11.8 Å². The smallest absolute Gasteiger partial charge is 0.269 e. The average molecular weight is 345 g/mol. The first kappa shape index (κ1) is 18.5. The van der Waals surface area contributed by atoms with Crippen molar-refractivity contribution in [2.24, 2.45) is 0 Å². The Bertz CT molecular complexity index is 744. The van der Waals surface area contributed by atoms with Crippen LogP contribution in [0.2, 0.25) is 0 Å². The fourth-order valence-corrected chi connectivity index (χ4v) is 2.48. The van der Waals surface area contributed by atoms with Gasteiger partial charge in [-0.1, -0.05) is 5.16 Å². The Morgan fingerprint density at radius 1 is 1.12 bits per heavy atom. The Morgan fingerprint density at radius 3 is 2.36 bits per heavy atom. The number of nitrogens with zero attached hydrogens (tertiary/aromatic N) is 1. The number of amides is 2. The van der Waals surface area contributed by atoms with Crippen LogP contribution in [0.4, 0.5) is 0 Å². The second kappa shape index (κ2) is 8.32. The van der Waals surface area contributed by atoms with Gasteiger partial charge < -0.3 is 9.26 Å². The second-order valence-corrected chi connectivity index (χ2v) is 5.96. The van der Waals surface area contributed by atoms with E-state index >= 15 is 0 Å². The Balaban J connectivity index is 1.92. The predicted octanol–water partition coefficient (Wildman–Crippen LogP) is 2.39. The van der Waals surface area contributed by atoms with Gasteiger partial charge in [-0.2, -0.15) is 0 Å². The van der Waals surface area contributed by atoms with Crippen molar-refractivity contribution in [1.82, 2.24) is 16.0 Å². The number of ether oxygens (including phenoxy) is 1. The fourth-order valence-electron chi connectivity index (χ4n) is 2.48. The monoisotopic (exact) mass is 345 g/mol. The van der Waals surface area contributed by atoms with Crippen LogP contribution in [0.5, 0.6) is 5.75 Å². The van der Waals surface area contributed by atoms with Gasteiger partial charge in [0.15, 0.2) is 0 Å². The molecule has 0 radical (unpaired) electrons. The molecule has 0 aliphatic carbocycles. The first-order valence-corrected chi connectivity index (χ1v) is 8.10. The molecule has 2 amide bonds. The minimum absolute atomic E-state index is 0.330. The molecule has 0 atom stereocenters. The maximum Gasteiger partial charge on any atom is 0.269 e. The molecule has 7 heteroatoms. The normalized spacial score (nSPS) is 10.4. The van der Waals surface area contributed by atoms with Gasteiger partial charge in [-0.05, 0) is 50.5 Å².